The lowest BCUT2D eigenvalue weighted by Gasteiger charge is -1.99. The third-order valence-electron chi connectivity index (χ3n) is 1.87. The van der Waals surface area contributed by atoms with Gasteiger partial charge in [0.15, 0.2) is 0 Å². The van der Waals surface area contributed by atoms with Crippen LogP contribution in [0.25, 0.3) is 0 Å². The van der Waals surface area contributed by atoms with Gasteiger partial charge >= 0.3 is 5.97 Å². The molecule has 0 aromatic heterocycles. The van der Waals surface area contributed by atoms with Gasteiger partial charge in [-0.05, 0) is 12.8 Å². The van der Waals surface area contributed by atoms with Gasteiger partial charge in [0.2, 0.25) is 0 Å². The topological polar surface area (TPSA) is 26.3 Å². The zero-order chi connectivity index (χ0) is 10.8. The van der Waals surface area contributed by atoms with Gasteiger partial charge in [0.25, 0.3) is 0 Å². The van der Waals surface area contributed by atoms with E-state index in [1.807, 2.05) is 6.08 Å². The summed E-state index contributed by atoms with van der Waals surface area (Å²) in [4.78, 5) is 10.9. The Morgan fingerprint density at radius 1 is 1.21 bits per heavy atom. The molecule has 0 aliphatic heterocycles. The molecule has 0 atom stereocenters. The maximum absolute atomic E-state index is 10.9. The number of esters is 1. The molecule has 14 heavy (non-hydrogen) atoms. The fourth-order valence-corrected chi connectivity index (χ4v) is 1.11. The van der Waals surface area contributed by atoms with Crippen LogP contribution in [0.4, 0.5) is 0 Å². The van der Waals surface area contributed by atoms with Crippen molar-refractivity contribution in [2.75, 3.05) is 7.11 Å². The van der Waals surface area contributed by atoms with Crippen LogP contribution >= 0.6 is 0 Å². The van der Waals surface area contributed by atoms with Crippen LogP contribution in [0, 0.1) is 0 Å². The van der Waals surface area contributed by atoms with Crippen LogP contribution in [-0.4, -0.2) is 13.1 Å². The van der Waals surface area contributed by atoms with Gasteiger partial charge in [0.1, 0.15) is 0 Å². The van der Waals surface area contributed by atoms with E-state index in [2.05, 4.69) is 24.7 Å². The summed E-state index contributed by atoms with van der Waals surface area (Å²) in [5.74, 6) is -0.288. The minimum Gasteiger partial charge on any atom is -0.466 e. The predicted molar refractivity (Wildman–Crippen MR) is 59.1 cm³/mol. The number of carbonyl (C=O) groups is 1. The summed E-state index contributed by atoms with van der Waals surface area (Å²) in [5.41, 5.74) is 1.22. The van der Waals surface area contributed by atoms with Crippen LogP contribution in [0.2, 0.25) is 0 Å². The van der Waals surface area contributed by atoms with Gasteiger partial charge in [0.05, 0.1) is 7.11 Å². The highest BCUT2D eigenvalue weighted by Crippen LogP contribution is 2.08. The highest BCUT2D eigenvalue weighted by molar-refractivity contribution is 5.82. The molecule has 0 heterocycles. The van der Waals surface area contributed by atoms with E-state index in [0.717, 1.165) is 25.7 Å². The summed E-state index contributed by atoms with van der Waals surface area (Å²) in [6, 6.07) is 0. The molecule has 0 aromatic carbocycles. The Balaban J connectivity index is 4.21. The molecular formula is C12H20O2. The first kappa shape index (κ1) is 12.9. The molecule has 2 heteroatoms. The average Bonchev–Trinajstić information content (AvgIpc) is 2.21. The molecule has 0 fully saturated rings. The van der Waals surface area contributed by atoms with E-state index in [-0.39, 0.29) is 5.97 Å². The normalized spacial score (nSPS) is 12.1. The first-order valence-corrected chi connectivity index (χ1v) is 5.19. The van der Waals surface area contributed by atoms with Crippen molar-refractivity contribution in [3.63, 3.8) is 0 Å². The Bertz CT molecular complexity index is 214. The van der Waals surface area contributed by atoms with Crippen LogP contribution in [0.15, 0.2) is 23.8 Å². The number of allylic oxidation sites excluding steroid dienone is 3. The zero-order valence-electron chi connectivity index (χ0n) is 9.38. The standard InChI is InChI=1S/C12H20O2/c1-4-6-8-11(7-5-2)9-10-12(13)14-3/h8-10H,4-7H2,1-3H3/b10-9+,11-8-. The second-order valence-electron chi connectivity index (χ2n) is 3.17. The van der Waals surface area contributed by atoms with Gasteiger partial charge in [0, 0.05) is 6.08 Å². The molecule has 0 saturated heterocycles. The number of hydrogen-bond acceptors (Lipinski definition) is 2. The third kappa shape index (κ3) is 6.46. The minimum atomic E-state index is -0.288. The van der Waals surface area contributed by atoms with Crippen molar-refractivity contribution in [2.24, 2.45) is 0 Å². The Morgan fingerprint density at radius 3 is 2.43 bits per heavy atom. The Kier molecular flexibility index (Phi) is 7.90. The molecule has 0 aromatic rings. The van der Waals surface area contributed by atoms with Gasteiger partial charge in [-0.25, -0.2) is 4.79 Å². The first-order valence-electron chi connectivity index (χ1n) is 5.19. The van der Waals surface area contributed by atoms with Gasteiger partial charge in [-0.15, -0.1) is 0 Å². The predicted octanol–water partition coefficient (Wildman–Crippen LogP) is 3.24. The number of methoxy groups -OCH3 is 1. The molecule has 0 aliphatic carbocycles. The molecule has 0 spiro atoms. The fraction of sp³-hybridized carbons (Fsp3) is 0.583. The fourth-order valence-electron chi connectivity index (χ4n) is 1.11. The van der Waals surface area contributed by atoms with Gasteiger partial charge in [-0.1, -0.05) is 44.4 Å². The SMILES string of the molecule is CCC/C=C(\C=C\C(=O)OC)CCC. The molecule has 0 aliphatic rings. The molecule has 0 N–H and O–H groups in total. The lowest BCUT2D eigenvalue weighted by Crippen LogP contribution is -1.94. The number of hydrogen-bond donors (Lipinski definition) is 0. The monoisotopic (exact) mass is 196 g/mol. The smallest absolute Gasteiger partial charge is 0.330 e. The van der Waals surface area contributed by atoms with Gasteiger partial charge < -0.3 is 4.74 Å². The number of rotatable bonds is 6. The third-order valence-corrected chi connectivity index (χ3v) is 1.87. The summed E-state index contributed by atoms with van der Waals surface area (Å²) in [6.45, 7) is 4.27. The van der Waals surface area contributed by atoms with Gasteiger partial charge in [-0.3, -0.25) is 0 Å². The quantitative estimate of drug-likeness (QED) is 0.370. The van der Waals surface area contributed by atoms with E-state index >= 15 is 0 Å². The van der Waals surface area contributed by atoms with Crippen LogP contribution in [0.1, 0.15) is 39.5 Å². The molecule has 2 nitrogen and oxygen atoms in total. The summed E-state index contributed by atoms with van der Waals surface area (Å²) >= 11 is 0. The molecule has 0 bridgehead atoms. The molecule has 0 radical (unpaired) electrons. The van der Waals surface area contributed by atoms with Crippen molar-refractivity contribution >= 4 is 5.97 Å². The molecular weight excluding hydrogens is 176 g/mol. The van der Waals surface area contributed by atoms with Crippen molar-refractivity contribution in [2.45, 2.75) is 39.5 Å². The molecule has 0 rings (SSSR count). The van der Waals surface area contributed by atoms with Crippen molar-refractivity contribution < 1.29 is 9.53 Å². The second kappa shape index (κ2) is 8.54. The van der Waals surface area contributed by atoms with Crippen LogP contribution in [0.3, 0.4) is 0 Å². The lowest BCUT2D eigenvalue weighted by molar-refractivity contribution is -0.134. The Hall–Kier alpha value is -1.05. The van der Waals surface area contributed by atoms with E-state index in [1.54, 1.807) is 0 Å². The minimum absolute atomic E-state index is 0.288. The van der Waals surface area contributed by atoms with Crippen LogP contribution < -0.4 is 0 Å². The number of ether oxygens (including phenoxy) is 1. The van der Waals surface area contributed by atoms with E-state index < -0.39 is 0 Å². The summed E-state index contributed by atoms with van der Waals surface area (Å²) in [5, 5.41) is 0. The number of unbranched alkanes of at least 4 members (excludes halogenated alkanes) is 1. The largest absolute Gasteiger partial charge is 0.466 e. The Morgan fingerprint density at radius 2 is 1.93 bits per heavy atom. The van der Waals surface area contributed by atoms with Crippen molar-refractivity contribution in [3.8, 4) is 0 Å². The summed E-state index contributed by atoms with van der Waals surface area (Å²) in [7, 11) is 1.39. The summed E-state index contributed by atoms with van der Waals surface area (Å²) in [6.07, 6.45) is 9.85. The van der Waals surface area contributed by atoms with Crippen LogP contribution in [-0.2, 0) is 9.53 Å². The summed E-state index contributed by atoms with van der Waals surface area (Å²) < 4.78 is 4.53. The lowest BCUT2D eigenvalue weighted by atomic mass is 10.1. The second-order valence-corrected chi connectivity index (χ2v) is 3.17. The van der Waals surface area contributed by atoms with Gasteiger partial charge in [-0.2, -0.15) is 0 Å². The van der Waals surface area contributed by atoms with Crippen molar-refractivity contribution in [1.29, 1.82) is 0 Å². The average molecular weight is 196 g/mol. The van der Waals surface area contributed by atoms with E-state index in [4.69, 9.17) is 0 Å². The first-order chi connectivity index (χ1) is 6.74. The molecule has 0 unspecified atom stereocenters. The maximum atomic E-state index is 10.9. The highest BCUT2D eigenvalue weighted by atomic mass is 16.5. The number of carbonyl (C=O) groups excluding carboxylic acids is 1. The van der Waals surface area contributed by atoms with Crippen molar-refractivity contribution in [1.82, 2.24) is 0 Å². The van der Waals surface area contributed by atoms with Crippen LogP contribution in [0.5, 0.6) is 0 Å². The maximum Gasteiger partial charge on any atom is 0.330 e. The molecule has 0 saturated carbocycles. The van der Waals surface area contributed by atoms with E-state index in [1.165, 1.54) is 18.8 Å². The van der Waals surface area contributed by atoms with E-state index in [0.29, 0.717) is 0 Å². The Labute approximate surface area is 86.6 Å². The molecule has 80 valence electrons. The van der Waals surface area contributed by atoms with E-state index in [9.17, 15) is 4.79 Å². The zero-order valence-corrected chi connectivity index (χ0v) is 9.38. The molecule has 0 amide bonds. The van der Waals surface area contributed by atoms with Crippen molar-refractivity contribution in [3.05, 3.63) is 23.8 Å². The highest BCUT2D eigenvalue weighted by Gasteiger charge is 1.94.